The van der Waals surface area contributed by atoms with E-state index in [1.54, 1.807) is 16.9 Å². The average molecular weight is 320 g/mol. The van der Waals surface area contributed by atoms with Crippen LogP contribution in [0.1, 0.15) is 32.6 Å². The first-order chi connectivity index (χ1) is 11.0. The number of hydrogen-bond acceptors (Lipinski definition) is 4. The summed E-state index contributed by atoms with van der Waals surface area (Å²) >= 11 is 0. The molecule has 23 heavy (non-hydrogen) atoms. The van der Waals surface area contributed by atoms with Gasteiger partial charge in [-0.05, 0) is 25.2 Å². The Morgan fingerprint density at radius 1 is 1.52 bits per heavy atom. The maximum atomic E-state index is 12.3. The molecule has 126 valence electrons. The molecular weight excluding hydrogens is 296 g/mol. The highest BCUT2D eigenvalue weighted by molar-refractivity contribution is 5.91. The molecule has 2 N–H and O–H groups in total. The van der Waals surface area contributed by atoms with Crippen LogP contribution in [0.3, 0.4) is 0 Å². The molecule has 7 heteroatoms. The Kier molecular flexibility index (Phi) is 4.39. The summed E-state index contributed by atoms with van der Waals surface area (Å²) in [5.41, 5.74) is -0.635. The second-order valence-electron chi connectivity index (χ2n) is 6.71. The summed E-state index contributed by atoms with van der Waals surface area (Å²) < 4.78 is 1.77. The number of carbonyl (C=O) groups excluding carboxylic acids is 1. The number of aryl methyl sites for hydroxylation is 1. The van der Waals surface area contributed by atoms with Crippen LogP contribution >= 0.6 is 0 Å². The molecule has 1 saturated heterocycles. The first-order valence-electron chi connectivity index (χ1n) is 8.32. The number of nitrogens with zero attached hydrogens (tertiary/aromatic N) is 3. The molecule has 1 aromatic heterocycles. The number of hydrogen-bond donors (Lipinski definition) is 2. The van der Waals surface area contributed by atoms with Gasteiger partial charge in [0.2, 0.25) is 5.91 Å². The first-order valence-corrected chi connectivity index (χ1v) is 8.32. The van der Waals surface area contributed by atoms with Crippen LogP contribution in [0.2, 0.25) is 0 Å². The van der Waals surface area contributed by atoms with Gasteiger partial charge in [-0.3, -0.25) is 14.5 Å². The Bertz CT molecular complexity index is 600. The first kappa shape index (κ1) is 16.0. The fourth-order valence-electron chi connectivity index (χ4n) is 4.08. The lowest BCUT2D eigenvalue weighted by atomic mass is 9.81. The Labute approximate surface area is 135 Å². The number of likely N-dealkylation sites (tertiary alicyclic amines) is 1. The highest BCUT2D eigenvalue weighted by Crippen LogP contribution is 2.48. The highest BCUT2D eigenvalue weighted by atomic mass is 16.4. The van der Waals surface area contributed by atoms with Gasteiger partial charge >= 0.3 is 5.97 Å². The summed E-state index contributed by atoms with van der Waals surface area (Å²) in [4.78, 5) is 25.9. The van der Waals surface area contributed by atoms with Gasteiger partial charge in [-0.15, -0.1) is 0 Å². The molecule has 1 saturated carbocycles. The van der Waals surface area contributed by atoms with E-state index in [1.165, 1.54) is 0 Å². The second kappa shape index (κ2) is 6.31. The third-order valence-electron chi connectivity index (χ3n) is 5.15. The van der Waals surface area contributed by atoms with Gasteiger partial charge in [0.25, 0.3) is 0 Å². The van der Waals surface area contributed by atoms with Gasteiger partial charge in [0.05, 0.1) is 18.2 Å². The lowest BCUT2D eigenvalue weighted by molar-refractivity contribution is -0.149. The molecule has 1 aromatic rings. The van der Waals surface area contributed by atoms with Gasteiger partial charge < -0.3 is 10.4 Å². The minimum absolute atomic E-state index is 0.108. The number of carbonyl (C=O) groups is 2. The van der Waals surface area contributed by atoms with Crippen LogP contribution in [0.5, 0.6) is 0 Å². The topological polar surface area (TPSA) is 87.5 Å². The van der Waals surface area contributed by atoms with Crippen molar-refractivity contribution in [2.75, 3.05) is 25.0 Å². The molecule has 0 radical (unpaired) electrons. The van der Waals surface area contributed by atoms with E-state index in [0.29, 0.717) is 18.9 Å². The largest absolute Gasteiger partial charge is 0.481 e. The number of fused-ring (bicyclic) bond motifs is 1. The number of carboxylic acids is 1. The molecule has 0 bridgehead atoms. The summed E-state index contributed by atoms with van der Waals surface area (Å²) in [7, 11) is 0. The molecule has 1 aliphatic heterocycles. The molecule has 2 aliphatic rings. The van der Waals surface area contributed by atoms with Gasteiger partial charge in [0.15, 0.2) is 0 Å². The average Bonchev–Trinajstić information content (AvgIpc) is 3.14. The molecule has 7 nitrogen and oxygen atoms in total. The second-order valence-corrected chi connectivity index (χ2v) is 6.71. The monoisotopic (exact) mass is 320 g/mol. The molecule has 0 aromatic carbocycles. The summed E-state index contributed by atoms with van der Waals surface area (Å²) in [6, 6.07) is 1.78. The van der Waals surface area contributed by atoms with Crippen LogP contribution in [0.4, 0.5) is 5.82 Å². The number of rotatable bonds is 6. The normalized spacial score (nSPS) is 27.1. The van der Waals surface area contributed by atoms with Crippen molar-refractivity contribution in [3.8, 4) is 0 Å². The number of aromatic nitrogens is 2. The fourth-order valence-corrected chi connectivity index (χ4v) is 4.08. The van der Waals surface area contributed by atoms with E-state index in [-0.39, 0.29) is 18.4 Å². The number of carboxylic acid groups (broad SMARTS) is 1. The zero-order valence-corrected chi connectivity index (χ0v) is 13.5. The molecule has 0 unspecified atom stereocenters. The summed E-state index contributed by atoms with van der Waals surface area (Å²) in [6.07, 6.45) is 5.28. The van der Waals surface area contributed by atoms with Crippen LogP contribution in [0, 0.1) is 11.3 Å². The fraction of sp³-hybridized carbons (Fsp3) is 0.688. The van der Waals surface area contributed by atoms with Gasteiger partial charge in [-0.2, -0.15) is 5.10 Å². The van der Waals surface area contributed by atoms with Crippen molar-refractivity contribution >= 4 is 17.7 Å². The van der Waals surface area contributed by atoms with Gasteiger partial charge in [-0.1, -0.05) is 13.3 Å². The summed E-state index contributed by atoms with van der Waals surface area (Å²) in [6.45, 7) is 4.24. The Morgan fingerprint density at radius 2 is 2.35 bits per heavy atom. The number of anilines is 1. The van der Waals surface area contributed by atoms with E-state index in [0.717, 1.165) is 32.2 Å². The predicted octanol–water partition coefficient (Wildman–Crippen LogP) is 1.42. The number of amides is 1. The third kappa shape index (κ3) is 2.97. The van der Waals surface area contributed by atoms with Crippen molar-refractivity contribution in [2.45, 2.75) is 39.2 Å². The molecule has 2 fully saturated rings. The van der Waals surface area contributed by atoms with Crippen molar-refractivity contribution in [2.24, 2.45) is 11.3 Å². The lowest BCUT2D eigenvalue weighted by Gasteiger charge is -2.23. The SMILES string of the molecule is CCCn1nccc1NC(=O)CN1C[C@@H]2CCC[C@@]2(C(=O)O)C1. The molecule has 2 atom stereocenters. The molecule has 0 spiro atoms. The summed E-state index contributed by atoms with van der Waals surface area (Å²) in [5.74, 6) is 0.0647. The van der Waals surface area contributed by atoms with Crippen molar-refractivity contribution < 1.29 is 14.7 Å². The minimum atomic E-state index is -0.705. The lowest BCUT2D eigenvalue weighted by Crippen LogP contribution is -2.37. The molecule has 1 aliphatic carbocycles. The predicted molar refractivity (Wildman–Crippen MR) is 85.0 cm³/mol. The quantitative estimate of drug-likeness (QED) is 0.827. The standard InChI is InChI=1S/C16H24N4O3/c1-2-8-20-13(5-7-17-20)18-14(21)10-19-9-12-4-3-6-16(12,11-19)15(22)23/h5,7,12H,2-4,6,8-11H2,1H3,(H,18,21)(H,22,23)/t12-,16+/m0/s1. The van der Waals surface area contributed by atoms with Crippen molar-refractivity contribution in [1.82, 2.24) is 14.7 Å². The van der Waals surface area contributed by atoms with Crippen molar-refractivity contribution in [1.29, 1.82) is 0 Å². The highest BCUT2D eigenvalue weighted by Gasteiger charge is 2.54. The smallest absolute Gasteiger partial charge is 0.311 e. The van der Waals surface area contributed by atoms with E-state index >= 15 is 0 Å². The molecule has 2 heterocycles. The van der Waals surface area contributed by atoms with Crippen molar-refractivity contribution in [3.63, 3.8) is 0 Å². The van der Waals surface area contributed by atoms with E-state index in [1.807, 2.05) is 4.90 Å². The van der Waals surface area contributed by atoms with Crippen LogP contribution < -0.4 is 5.32 Å². The Hall–Kier alpha value is -1.89. The number of aliphatic carboxylic acids is 1. The number of nitrogens with one attached hydrogen (secondary N) is 1. The Balaban J connectivity index is 1.59. The van der Waals surface area contributed by atoms with Crippen LogP contribution in [0.15, 0.2) is 12.3 Å². The van der Waals surface area contributed by atoms with Crippen LogP contribution in [0.25, 0.3) is 0 Å². The minimum Gasteiger partial charge on any atom is -0.481 e. The zero-order chi connectivity index (χ0) is 16.4. The van der Waals surface area contributed by atoms with Crippen LogP contribution in [-0.2, 0) is 16.1 Å². The molecule has 1 amide bonds. The Morgan fingerprint density at radius 3 is 3.04 bits per heavy atom. The zero-order valence-electron chi connectivity index (χ0n) is 13.5. The maximum Gasteiger partial charge on any atom is 0.311 e. The van der Waals surface area contributed by atoms with Crippen molar-refractivity contribution in [3.05, 3.63) is 12.3 Å². The van der Waals surface area contributed by atoms with E-state index in [4.69, 9.17) is 0 Å². The summed E-state index contributed by atoms with van der Waals surface area (Å²) in [5, 5.41) is 16.7. The van der Waals surface area contributed by atoms with Gasteiger partial charge in [-0.25, -0.2) is 4.68 Å². The van der Waals surface area contributed by atoms with Gasteiger partial charge in [0, 0.05) is 25.7 Å². The third-order valence-corrected chi connectivity index (χ3v) is 5.15. The molecular formula is C16H24N4O3. The van der Waals surface area contributed by atoms with Crippen LogP contribution in [-0.4, -0.2) is 51.3 Å². The van der Waals surface area contributed by atoms with E-state index in [2.05, 4.69) is 17.3 Å². The van der Waals surface area contributed by atoms with E-state index in [9.17, 15) is 14.7 Å². The maximum absolute atomic E-state index is 12.3. The van der Waals surface area contributed by atoms with Gasteiger partial charge in [0.1, 0.15) is 5.82 Å². The molecule has 3 rings (SSSR count). The van der Waals surface area contributed by atoms with E-state index < -0.39 is 11.4 Å².